The van der Waals surface area contributed by atoms with Gasteiger partial charge in [-0.15, -0.1) is 22.9 Å². The molecule has 1 heterocycles. The van der Waals surface area contributed by atoms with Gasteiger partial charge in [0.1, 0.15) is 0 Å². The number of carbonyl (C=O) groups is 1. The molecule has 0 saturated carbocycles. The van der Waals surface area contributed by atoms with Gasteiger partial charge in [0, 0.05) is 23.1 Å². The molecule has 0 saturated heterocycles. The molecule has 0 spiro atoms. The molecule has 0 radical (unpaired) electrons. The van der Waals surface area contributed by atoms with Crippen molar-refractivity contribution in [2.45, 2.75) is 39.0 Å². The van der Waals surface area contributed by atoms with E-state index in [1.165, 1.54) is 11.3 Å². The predicted molar refractivity (Wildman–Crippen MR) is 69.4 cm³/mol. The van der Waals surface area contributed by atoms with Crippen LogP contribution in [-0.2, 0) is 10.2 Å². The molecule has 0 fully saturated rings. The molecule has 0 bridgehead atoms. The summed E-state index contributed by atoms with van der Waals surface area (Å²) in [5.74, 6) is 0.494. The van der Waals surface area contributed by atoms with Gasteiger partial charge in [-0.3, -0.25) is 4.79 Å². The number of amides is 1. The lowest BCUT2D eigenvalue weighted by Crippen LogP contribution is -2.14. The first-order chi connectivity index (χ1) is 7.43. The van der Waals surface area contributed by atoms with Crippen LogP contribution in [0, 0.1) is 0 Å². The molecule has 90 valence electrons. The standard InChI is InChI=1S/C11H17ClN2OS/c1-11(2,3)8-7-16-10(13-8)14-9(15)5-4-6-12/h7H,4-6H2,1-3H3,(H,13,14,15). The Kier molecular flexibility index (Phi) is 4.74. The number of alkyl halides is 1. The quantitative estimate of drug-likeness (QED) is 0.843. The van der Waals surface area contributed by atoms with Crippen molar-refractivity contribution < 1.29 is 4.79 Å². The van der Waals surface area contributed by atoms with E-state index in [2.05, 4.69) is 31.1 Å². The molecule has 1 N–H and O–H groups in total. The summed E-state index contributed by atoms with van der Waals surface area (Å²) in [6, 6.07) is 0. The summed E-state index contributed by atoms with van der Waals surface area (Å²) >= 11 is 6.98. The third kappa shape index (κ3) is 4.10. The van der Waals surface area contributed by atoms with Gasteiger partial charge in [0.05, 0.1) is 5.69 Å². The Morgan fingerprint density at radius 2 is 2.25 bits per heavy atom. The summed E-state index contributed by atoms with van der Waals surface area (Å²) in [6.07, 6.45) is 1.15. The molecule has 1 aromatic heterocycles. The van der Waals surface area contributed by atoms with Crippen LogP contribution in [0.2, 0.25) is 0 Å². The van der Waals surface area contributed by atoms with E-state index < -0.39 is 0 Å². The van der Waals surface area contributed by atoms with Crippen molar-refractivity contribution in [1.29, 1.82) is 0 Å². The second-order valence-corrected chi connectivity index (χ2v) is 5.86. The van der Waals surface area contributed by atoms with Crippen molar-refractivity contribution in [1.82, 2.24) is 4.98 Å². The summed E-state index contributed by atoms with van der Waals surface area (Å²) in [5, 5.41) is 5.43. The molecular weight excluding hydrogens is 244 g/mol. The normalized spacial score (nSPS) is 11.5. The average molecular weight is 261 g/mol. The number of aromatic nitrogens is 1. The van der Waals surface area contributed by atoms with Crippen LogP contribution in [0.4, 0.5) is 5.13 Å². The molecule has 0 aliphatic rings. The molecule has 3 nitrogen and oxygen atoms in total. The Bertz CT molecular complexity index is 357. The van der Waals surface area contributed by atoms with Crippen LogP contribution >= 0.6 is 22.9 Å². The van der Waals surface area contributed by atoms with E-state index in [4.69, 9.17) is 11.6 Å². The molecule has 1 aromatic rings. The van der Waals surface area contributed by atoms with E-state index >= 15 is 0 Å². The Morgan fingerprint density at radius 1 is 1.56 bits per heavy atom. The highest BCUT2D eigenvalue weighted by Crippen LogP contribution is 2.26. The van der Waals surface area contributed by atoms with Gasteiger partial charge in [-0.2, -0.15) is 0 Å². The first kappa shape index (κ1) is 13.5. The molecule has 1 rings (SSSR count). The number of hydrogen-bond donors (Lipinski definition) is 1. The van der Waals surface area contributed by atoms with Gasteiger partial charge >= 0.3 is 0 Å². The van der Waals surface area contributed by atoms with Crippen molar-refractivity contribution >= 4 is 34.0 Å². The maximum Gasteiger partial charge on any atom is 0.226 e. The summed E-state index contributed by atoms with van der Waals surface area (Å²) in [7, 11) is 0. The molecular formula is C11H17ClN2OS. The SMILES string of the molecule is CC(C)(C)c1csc(NC(=O)CCCCl)n1. The number of nitrogens with zero attached hydrogens (tertiary/aromatic N) is 1. The molecule has 16 heavy (non-hydrogen) atoms. The fourth-order valence-electron chi connectivity index (χ4n) is 1.08. The van der Waals surface area contributed by atoms with E-state index in [1.54, 1.807) is 0 Å². The van der Waals surface area contributed by atoms with Crippen LogP contribution in [0.5, 0.6) is 0 Å². The van der Waals surface area contributed by atoms with Crippen molar-refractivity contribution in [3.8, 4) is 0 Å². The van der Waals surface area contributed by atoms with Crippen LogP contribution < -0.4 is 5.32 Å². The van der Waals surface area contributed by atoms with Crippen molar-refractivity contribution in [3.63, 3.8) is 0 Å². The Balaban J connectivity index is 2.56. The van der Waals surface area contributed by atoms with Gasteiger partial charge in [-0.1, -0.05) is 20.8 Å². The van der Waals surface area contributed by atoms with Crippen LogP contribution in [0.15, 0.2) is 5.38 Å². The van der Waals surface area contributed by atoms with E-state index in [-0.39, 0.29) is 11.3 Å². The van der Waals surface area contributed by atoms with Gasteiger partial charge in [0.2, 0.25) is 5.91 Å². The Morgan fingerprint density at radius 3 is 2.75 bits per heavy atom. The maximum absolute atomic E-state index is 11.4. The van der Waals surface area contributed by atoms with Gasteiger partial charge in [-0.05, 0) is 6.42 Å². The number of nitrogens with one attached hydrogen (secondary N) is 1. The van der Waals surface area contributed by atoms with E-state index in [0.29, 0.717) is 23.9 Å². The second kappa shape index (κ2) is 5.64. The lowest BCUT2D eigenvalue weighted by atomic mass is 9.93. The number of anilines is 1. The zero-order valence-electron chi connectivity index (χ0n) is 9.84. The fourth-order valence-corrected chi connectivity index (χ4v) is 2.17. The van der Waals surface area contributed by atoms with Gasteiger partial charge < -0.3 is 5.32 Å². The summed E-state index contributed by atoms with van der Waals surface area (Å²) in [4.78, 5) is 15.8. The molecule has 0 atom stereocenters. The van der Waals surface area contributed by atoms with Crippen molar-refractivity contribution in [3.05, 3.63) is 11.1 Å². The largest absolute Gasteiger partial charge is 0.302 e. The molecule has 1 amide bonds. The summed E-state index contributed by atoms with van der Waals surface area (Å²) in [5.41, 5.74) is 1.03. The third-order valence-corrected chi connectivity index (χ3v) is 3.08. The number of carbonyl (C=O) groups excluding carboxylic acids is 1. The van der Waals surface area contributed by atoms with Crippen LogP contribution in [-0.4, -0.2) is 16.8 Å². The highest BCUT2D eigenvalue weighted by molar-refractivity contribution is 7.13. The number of hydrogen-bond acceptors (Lipinski definition) is 3. The van der Waals surface area contributed by atoms with Crippen LogP contribution in [0.3, 0.4) is 0 Å². The predicted octanol–water partition coefficient (Wildman–Crippen LogP) is 3.40. The van der Waals surface area contributed by atoms with Gasteiger partial charge in [0.15, 0.2) is 5.13 Å². The highest BCUT2D eigenvalue weighted by Gasteiger charge is 2.17. The first-order valence-electron chi connectivity index (χ1n) is 5.25. The van der Waals surface area contributed by atoms with Gasteiger partial charge in [0.25, 0.3) is 0 Å². The van der Waals surface area contributed by atoms with Crippen LogP contribution in [0.25, 0.3) is 0 Å². The monoisotopic (exact) mass is 260 g/mol. The van der Waals surface area contributed by atoms with E-state index in [0.717, 1.165) is 5.69 Å². The zero-order chi connectivity index (χ0) is 12.2. The van der Waals surface area contributed by atoms with E-state index in [9.17, 15) is 4.79 Å². The lowest BCUT2D eigenvalue weighted by Gasteiger charge is -2.14. The minimum atomic E-state index is -0.0181. The summed E-state index contributed by atoms with van der Waals surface area (Å²) in [6.45, 7) is 6.30. The second-order valence-electron chi connectivity index (χ2n) is 4.63. The molecule has 0 unspecified atom stereocenters. The van der Waals surface area contributed by atoms with E-state index in [1.807, 2.05) is 5.38 Å². The van der Waals surface area contributed by atoms with Crippen molar-refractivity contribution in [2.75, 3.05) is 11.2 Å². The topological polar surface area (TPSA) is 42.0 Å². The highest BCUT2D eigenvalue weighted by atomic mass is 35.5. The first-order valence-corrected chi connectivity index (χ1v) is 6.66. The minimum Gasteiger partial charge on any atom is -0.302 e. The Labute approximate surface area is 105 Å². The number of rotatable bonds is 4. The van der Waals surface area contributed by atoms with Gasteiger partial charge in [-0.25, -0.2) is 4.98 Å². The number of thiazole rings is 1. The smallest absolute Gasteiger partial charge is 0.226 e. The summed E-state index contributed by atoms with van der Waals surface area (Å²) < 4.78 is 0. The Hall–Kier alpha value is -0.610. The average Bonchev–Trinajstić information content (AvgIpc) is 2.62. The lowest BCUT2D eigenvalue weighted by molar-refractivity contribution is -0.116. The molecule has 0 aliphatic heterocycles. The zero-order valence-corrected chi connectivity index (χ0v) is 11.4. The third-order valence-electron chi connectivity index (χ3n) is 2.06. The minimum absolute atomic E-state index is 0.0181. The molecule has 5 heteroatoms. The number of halogens is 1. The fraction of sp³-hybridized carbons (Fsp3) is 0.636. The maximum atomic E-state index is 11.4. The van der Waals surface area contributed by atoms with Crippen molar-refractivity contribution in [2.24, 2.45) is 0 Å². The molecule has 0 aromatic carbocycles. The van der Waals surface area contributed by atoms with Crippen LogP contribution in [0.1, 0.15) is 39.3 Å². The molecule has 0 aliphatic carbocycles.